The van der Waals surface area contributed by atoms with E-state index >= 15 is 0 Å². The molecule has 0 aliphatic rings. The van der Waals surface area contributed by atoms with Crippen LogP contribution in [0.3, 0.4) is 0 Å². The van der Waals surface area contributed by atoms with Gasteiger partial charge in [-0.3, -0.25) is 4.68 Å². The Hall–Kier alpha value is -0.910. The molecule has 1 atom stereocenters. The predicted molar refractivity (Wildman–Crippen MR) is 57.6 cm³/mol. The summed E-state index contributed by atoms with van der Waals surface area (Å²) in [5, 5.41) is 7.39. The van der Waals surface area contributed by atoms with Gasteiger partial charge in [0.05, 0.1) is 18.4 Å². The number of nitrogens with zero attached hydrogens (tertiary/aromatic N) is 2. The fourth-order valence-corrected chi connectivity index (χ4v) is 1.33. The van der Waals surface area contributed by atoms with Crippen LogP contribution in [-0.2, 0) is 23.1 Å². The number of methoxy groups -OCH3 is 2. The number of aromatic nitrogens is 2. The van der Waals surface area contributed by atoms with Crippen molar-refractivity contribution in [3.05, 3.63) is 18.0 Å². The summed E-state index contributed by atoms with van der Waals surface area (Å²) in [6.45, 7) is 2.17. The normalized spacial score (nSPS) is 13.0. The molecule has 0 aliphatic heterocycles. The molecule has 0 aliphatic carbocycles. The Bertz CT molecular complexity index is 275. The lowest BCUT2D eigenvalue weighted by molar-refractivity contribution is 0.0287. The molecule has 1 aromatic heterocycles. The molecule has 15 heavy (non-hydrogen) atoms. The molecular formula is C10H19N3O2. The SMILES string of the molecule is COCC(CNCc1ccnn1C)OC. The molecule has 1 N–H and O–H groups in total. The van der Waals surface area contributed by atoms with E-state index in [1.807, 2.05) is 17.8 Å². The van der Waals surface area contributed by atoms with Crippen LogP contribution in [0.25, 0.3) is 0 Å². The molecule has 0 amide bonds. The smallest absolute Gasteiger partial charge is 0.0928 e. The minimum absolute atomic E-state index is 0.100. The van der Waals surface area contributed by atoms with E-state index in [2.05, 4.69) is 10.4 Å². The average Bonchev–Trinajstić information content (AvgIpc) is 2.63. The van der Waals surface area contributed by atoms with Crippen LogP contribution in [0.15, 0.2) is 12.3 Å². The second-order valence-corrected chi connectivity index (χ2v) is 3.39. The maximum atomic E-state index is 5.23. The summed E-state index contributed by atoms with van der Waals surface area (Å²) in [6.07, 6.45) is 1.89. The van der Waals surface area contributed by atoms with Crippen LogP contribution in [0.5, 0.6) is 0 Å². The van der Waals surface area contributed by atoms with Crippen LogP contribution in [0, 0.1) is 0 Å². The molecule has 0 bridgehead atoms. The topological polar surface area (TPSA) is 48.3 Å². The predicted octanol–water partition coefficient (Wildman–Crippen LogP) is 0.171. The lowest BCUT2D eigenvalue weighted by Gasteiger charge is -2.14. The summed E-state index contributed by atoms with van der Waals surface area (Å²) in [7, 11) is 5.29. The van der Waals surface area contributed by atoms with Gasteiger partial charge in [0.2, 0.25) is 0 Å². The van der Waals surface area contributed by atoms with Gasteiger partial charge in [0, 0.05) is 40.6 Å². The maximum Gasteiger partial charge on any atom is 0.0928 e. The van der Waals surface area contributed by atoms with Gasteiger partial charge in [0.15, 0.2) is 0 Å². The standard InChI is InChI=1S/C10H19N3O2/c1-13-9(4-5-12-13)6-11-7-10(15-3)8-14-2/h4-5,10-11H,6-8H2,1-3H3. The highest BCUT2D eigenvalue weighted by atomic mass is 16.5. The van der Waals surface area contributed by atoms with Crippen molar-refractivity contribution in [1.82, 2.24) is 15.1 Å². The summed E-state index contributed by atoms with van der Waals surface area (Å²) in [5.41, 5.74) is 1.15. The van der Waals surface area contributed by atoms with E-state index < -0.39 is 0 Å². The monoisotopic (exact) mass is 213 g/mol. The Kier molecular flexibility index (Phi) is 5.31. The third-order valence-corrected chi connectivity index (χ3v) is 2.29. The summed E-state index contributed by atoms with van der Waals surface area (Å²) in [6, 6.07) is 1.99. The zero-order valence-electron chi connectivity index (χ0n) is 9.56. The summed E-state index contributed by atoms with van der Waals surface area (Å²) >= 11 is 0. The fraction of sp³-hybridized carbons (Fsp3) is 0.700. The van der Waals surface area contributed by atoms with Gasteiger partial charge in [-0.1, -0.05) is 0 Å². The maximum absolute atomic E-state index is 5.23. The summed E-state index contributed by atoms with van der Waals surface area (Å²) < 4.78 is 12.1. The molecule has 1 heterocycles. The number of hydrogen-bond acceptors (Lipinski definition) is 4. The quantitative estimate of drug-likeness (QED) is 0.701. The van der Waals surface area contributed by atoms with Crippen LogP contribution in [0.2, 0.25) is 0 Å². The largest absolute Gasteiger partial charge is 0.382 e. The Balaban J connectivity index is 2.23. The van der Waals surface area contributed by atoms with Crippen LogP contribution in [0.4, 0.5) is 0 Å². The Morgan fingerprint density at radius 3 is 2.87 bits per heavy atom. The van der Waals surface area contributed by atoms with Gasteiger partial charge >= 0.3 is 0 Å². The van der Waals surface area contributed by atoms with Gasteiger partial charge in [0.25, 0.3) is 0 Å². The molecule has 1 unspecified atom stereocenters. The van der Waals surface area contributed by atoms with E-state index in [1.54, 1.807) is 20.4 Å². The first-order valence-electron chi connectivity index (χ1n) is 4.97. The highest BCUT2D eigenvalue weighted by Gasteiger charge is 2.06. The zero-order valence-corrected chi connectivity index (χ0v) is 9.56. The molecule has 5 nitrogen and oxygen atoms in total. The molecule has 0 saturated carbocycles. The summed E-state index contributed by atoms with van der Waals surface area (Å²) in [5.74, 6) is 0. The van der Waals surface area contributed by atoms with Crippen LogP contribution in [0.1, 0.15) is 5.69 Å². The molecule has 1 aromatic rings. The Morgan fingerprint density at radius 1 is 1.53 bits per heavy atom. The number of nitrogens with one attached hydrogen (secondary N) is 1. The molecule has 0 aromatic carbocycles. The van der Waals surface area contributed by atoms with Crippen molar-refractivity contribution in [3.63, 3.8) is 0 Å². The molecular weight excluding hydrogens is 194 g/mol. The van der Waals surface area contributed by atoms with Gasteiger partial charge in [-0.05, 0) is 6.07 Å². The van der Waals surface area contributed by atoms with E-state index in [0.717, 1.165) is 18.8 Å². The minimum Gasteiger partial charge on any atom is -0.382 e. The first kappa shape index (κ1) is 12.2. The fourth-order valence-electron chi connectivity index (χ4n) is 1.33. The summed E-state index contributed by atoms with van der Waals surface area (Å²) in [4.78, 5) is 0. The molecule has 1 rings (SSSR count). The molecule has 86 valence electrons. The first-order valence-corrected chi connectivity index (χ1v) is 4.97. The van der Waals surface area contributed by atoms with Crippen LogP contribution < -0.4 is 5.32 Å². The molecule has 0 radical (unpaired) electrons. The van der Waals surface area contributed by atoms with E-state index in [1.165, 1.54) is 0 Å². The van der Waals surface area contributed by atoms with Crippen LogP contribution in [-0.4, -0.2) is 43.3 Å². The van der Waals surface area contributed by atoms with Gasteiger partial charge in [-0.15, -0.1) is 0 Å². The van der Waals surface area contributed by atoms with Gasteiger partial charge < -0.3 is 14.8 Å². The number of ether oxygens (including phenoxy) is 2. The lowest BCUT2D eigenvalue weighted by Crippen LogP contribution is -2.31. The lowest BCUT2D eigenvalue weighted by atomic mass is 10.3. The van der Waals surface area contributed by atoms with Gasteiger partial charge in [0.1, 0.15) is 0 Å². The zero-order chi connectivity index (χ0) is 11.1. The number of aryl methyl sites for hydroxylation is 1. The number of hydrogen-bond donors (Lipinski definition) is 1. The third kappa shape index (κ3) is 3.99. The van der Waals surface area contributed by atoms with Crippen LogP contribution >= 0.6 is 0 Å². The van der Waals surface area contributed by atoms with Crippen molar-refractivity contribution in [2.24, 2.45) is 7.05 Å². The van der Waals surface area contributed by atoms with E-state index in [4.69, 9.17) is 9.47 Å². The molecule has 0 saturated heterocycles. The van der Waals surface area contributed by atoms with E-state index in [-0.39, 0.29) is 6.10 Å². The second-order valence-electron chi connectivity index (χ2n) is 3.39. The van der Waals surface area contributed by atoms with Gasteiger partial charge in [-0.25, -0.2) is 0 Å². The van der Waals surface area contributed by atoms with Crippen molar-refractivity contribution >= 4 is 0 Å². The highest BCUT2D eigenvalue weighted by Crippen LogP contribution is 1.96. The highest BCUT2D eigenvalue weighted by molar-refractivity contribution is 4.99. The van der Waals surface area contributed by atoms with Crippen molar-refractivity contribution in [2.75, 3.05) is 27.4 Å². The first-order chi connectivity index (χ1) is 7.27. The van der Waals surface area contributed by atoms with Crippen molar-refractivity contribution in [3.8, 4) is 0 Å². The Morgan fingerprint density at radius 2 is 2.33 bits per heavy atom. The van der Waals surface area contributed by atoms with E-state index in [0.29, 0.717) is 6.61 Å². The van der Waals surface area contributed by atoms with Gasteiger partial charge in [-0.2, -0.15) is 5.10 Å². The van der Waals surface area contributed by atoms with E-state index in [9.17, 15) is 0 Å². The van der Waals surface area contributed by atoms with Crippen molar-refractivity contribution < 1.29 is 9.47 Å². The average molecular weight is 213 g/mol. The molecule has 0 spiro atoms. The molecule has 5 heteroatoms. The minimum atomic E-state index is 0.100. The Labute approximate surface area is 90.4 Å². The van der Waals surface area contributed by atoms with Crippen molar-refractivity contribution in [2.45, 2.75) is 12.6 Å². The second kappa shape index (κ2) is 6.55. The third-order valence-electron chi connectivity index (χ3n) is 2.29. The number of rotatable bonds is 7. The van der Waals surface area contributed by atoms with Crippen molar-refractivity contribution in [1.29, 1.82) is 0 Å². The molecule has 0 fully saturated rings.